The molecule has 1 nitrogen and oxygen atoms in total. The zero-order valence-electron chi connectivity index (χ0n) is 9.79. The van der Waals surface area contributed by atoms with Gasteiger partial charge in [-0.05, 0) is 48.9 Å². The Morgan fingerprint density at radius 1 is 1.21 bits per heavy atom. The summed E-state index contributed by atoms with van der Waals surface area (Å²) >= 11 is 0. The second-order valence-electron chi connectivity index (χ2n) is 6.00. The number of rotatable bonds is 1. The zero-order valence-corrected chi connectivity index (χ0v) is 9.79. The smallest absolute Gasteiger partial charge is 0.0573 e. The van der Waals surface area contributed by atoms with Crippen LogP contribution in [0.4, 0.5) is 0 Å². The summed E-state index contributed by atoms with van der Waals surface area (Å²) in [6, 6.07) is 0. The fourth-order valence-electron chi connectivity index (χ4n) is 4.28. The third-order valence-corrected chi connectivity index (χ3v) is 4.97. The van der Waals surface area contributed by atoms with Gasteiger partial charge in [0, 0.05) is 0 Å². The molecule has 0 saturated heterocycles. The van der Waals surface area contributed by atoms with Crippen LogP contribution >= 0.6 is 0 Å². The van der Waals surface area contributed by atoms with Crippen molar-refractivity contribution >= 4 is 0 Å². The van der Waals surface area contributed by atoms with Gasteiger partial charge in [0.1, 0.15) is 0 Å². The average molecular weight is 196 g/mol. The van der Waals surface area contributed by atoms with Gasteiger partial charge in [-0.2, -0.15) is 0 Å². The standard InChI is InChI=1S/C13H24O/c1-9(2)10-6-7-11-12(14)5-4-8-13(10,11)3/h9-12,14H,4-8H2,1-3H3/t10?,11?,12-,13+/m0/s1. The minimum absolute atomic E-state index is 0.00231. The first-order valence-electron chi connectivity index (χ1n) is 6.24. The molecule has 0 heterocycles. The van der Waals surface area contributed by atoms with Gasteiger partial charge in [0.15, 0.2) is 0 Å². The van der Waals surface area contributed by atoms with Crippen LogP contribution in [-0.2, 0) is 0 Å². The number of hydrogen-bond donors (Lipinski definition) is 1. The second kappa shape index (κ2) is 3.52. The average Bonchev–Trinajstić information content (AvgIpc) is 2.43. The van der Waals surface area contributed by atoms with E-state index < -0.39 is 0 Å². The summed E-state index contributed by atoms with van der Waals surface area (Å²) in [5.74, 6) is 2.24. The lowest BCUT2D eigenvalue weighted by molar-refractivity contribution is -0.0253. The first kappa shape index (κ1) is 10.5. The molecule has 0 radical (unpaired) electrons. The van der Waals surface area contributed by atoms with Gasteiger partial charge in [-0.1, -0.05) is 27.2 Å². The lowest BCUT2D eigenvalue weighted by Gasteiger charge is -2.44. The van der Waals surface area contributed by atoms with Crippen LogP contribution in [0.2, 0.25) is 0 Å². The highest BCUT2D eigenvalue weighted by Crippen LogP contribution is 2.57. The normalized spacial score (nSPS) is 48.2. The fraction of sp³-hybridized carbons (Fsp3) is 1.00. The molecule has 0 aromatic heterocycles. The van der Waals surface area contributed by atoms with Crippen LogP contribution in [0.25, 0.3) is 0 Å². The lowest BCUT2D eigenvalue weighted by atomic mass is 9.62. The third-order valence-electron chi connectivity index (χ3n) is 4.97. The summed E-state index contributed by atoms with van der Waals surface area (Å²) in [5.41, 5.74) is 0.450. The first-order chi connectivity index (χ1) is 6.55. The summed E-state index contributed by atoms with van der Waals surface area (Å²) < 4.78 is 0. The fourth-order valence-corrected chi connectivity index (χ4v) is 4.28. The Morgan fingerprint density at radius 3 is 2.57 bits per heavy atom. The molecule has 0 aromatic carbocycles. The van der Waals surface area contributed by atoms with Crippen LogP contribution < -0.4 is 0 Å². The van der Waals surface area contributed by atoms with Gasteiger partial charge in [-0.15, -0.1) is 0 Å². The van der Waals surface area contributed by atoms with Gasteiger partial charge >= 0.3 is 0 Å². The van der Waals surface area contributed by atoms with Crippen LogP contribution in [0.1, 0.15) is 52.9 Å². The molecule has 2 saturated carbocycles. The molecule has 2 aliphatic carbocycles. The molecule has 82 valence electrons. The van der Waals surface area contributed by atoms with E-state index in [1.807, 2.05) is 0 Å². The van der Waals surface area contributed by atoms with E-state index in [2.05, 4.69) is 20.8 Å². The van der Waals surface area contributed by atoms with Crippen molar-refractivity contribution in [3.8, 4) is 0 Å². The van der Waals surface area contributed by atoms with Gasteiger partial charge in [-0.25, -0.2) is 0 Å². The predicted octanol–water partition coefficient (Wildman–Crippen LogP) is 3.22. The molecule has 2 fully saturated rings. The molecular weight excluding hydrogens is 172 g/mol. The van der Waals surface area contributed by atoms with E-state index in [1.54, 1.807) is 0 Å². The van der Waals surface area contributed by atoms with Crippen LogP contribution in [0, 0.1) is 23.2 Å². The number of hydrogen-bond acceptors (Lipinski definition) is 1. The van der Waals surface area contributed by atoms with Crippen LogP contribution in [0.3, 0.4) is 0 Å². The molecule has 1 N–H and O–H groups in total. The Morgan fingerprint density at radius 2 is 1.93 bits per heavy atom. The number of aliphatic hydroxyl groups excluding tert-OH is 1. The zero-order chi connectivity index (χ0) is 10.3. The van der Waals surface area contributed by atoms with Crippen molar-refractivity contribution in [2.24, 2.45) is 23.2 Å². The summed E-state index contributed by atoms with van der Waals surface area (Å²) in [4.78, 5) is 0. The van der Waals surface area contributed by atoms with E-state index in [4.69, 9.17) is 0 Å². The second-order valence-corrected chi connectivity index (χ2v) is 6.00. The van der Waals surface area contributed by atoms with Gasteiger partial charge < -0.3 is 5.11 Å². The molecule has 0 amide bonds. The Bertz CT molecular complexity index is 203. The van der Waals surface area contributed by atoms with Gasteiger partial charge in [0.25, 0.3) is 0 Å². The topological polar surface area (TPSA) is 20.2 Å². The summed E-state index contributed by atoms with van der Waals surface area (Å²) in [5, 5.41) is 10.0. The Labute approximate surface area is 87.9 Å². The molecule has 0 aliphatic heterocycles. The van der Waals surface area contributed by atoms with Crippen LogP contribution in [0.15, 0.2) is 0 Å². The molecule has 1 heteroatoms. The highest BCUT2D eigenvalue weighted by atomic mass is 16.3. The van der Waals surface area contributed by atoms with Crippen molar-refractivity contribution in [1.29, 1.82) is 0 Å². The maximum absolute atomic E-state index is 10.0. The van der Waals surface area contributed by atoms with Gasteiger partial charge in [0.2, 0.25) is 0 Å². The summed E-state index contributed by atoms with van der Waals surface area (Å²) in [6.07, 6.45) is 6.23. The predicted molar refractivity (Wildman–Crippen MR) is 59.0 cm³/mol. The van der Waals surface area contributed by atoms with E-state index in [9.17, 15) is 5.11 Å². The van der Waals surface area contributed by atoms with Crippen molar-refractivity contribution in [3.05, 3.63) is 0 Å². The van der Waals surface area contributed by atoms with E-state index in [-0.39, 0.29) is 6.10 Å². The molecule has 0 spiro atoms. The van der Waals surface area contributed by atoms with E-state index >= 15 is 0 Å². The molecule has 2 rings (SSSR count). The summed E-state index contributed by atoms with van der Waals surface area (Å²) in [6.45, 7) is 7.12. The van der Waals surface area contributed by atoms with Crippen LogP contribution in [-0.4, -0.2) is 11.2 Å². The number of fused-ring (bicyclic) bond motifs is 1. The lowest BCUT2D eigenvalue weighted by Crippen LogP contribution is -2.41. The van der Waals surface area contributed by atoms with Gasteiger partial charge in [0.05, 0.1) is 6.10 Å². The SMILES string of the molecule is CC(C)C1CCC2[C@@H](O)CCC[C@]12C. The molecule has 2 unspecified atom stereocenters. The Balaban J connectivity index is 2.20. The molecule has 14 heavy (non-hydrogen) atoms. The van der Waals surface area contributed by atoms with Gasteiger partial charge in [-0.3, -0.25) is 0 Å². The largest absolute Gasteiger partial charge is 0.393 e. The Kier molecular flexibility index (Phi) is 2.63. The molecule has 0 aromatic rings. The van der Waals surface area contributed by atoms with Crippen molar-refractivity contribution in [3.63, 3.8) is 0 Å². The highest BCUT2D eigenvalue weighted by molar-refractivity contribution is 5.00. The van der Waals surface area contributed by atoms with Crippen molar-refractivity contribution in [2.75, 3.05) is 0 Å². The maximum Gasteiger partial charge on any atom is 0.0573 e. The van der Waals surface area contributed by atoms with Crippen molar-refractivity contribution < 1.29 is 5.11 Å². The minimum Gasteiger partial charge on any atom is -0.393 e. The highest BCUT2D eigenvalue weighted by Gasteiger charge is 2.51. The van der Waals surface area contributed by atoms with E-state index in [1.165, 1.54) is 25.7 Å². The molecule has 4 atom stereocenters. The minimum atomic E-state index is -0.00231. The molecule has 0 bridgehead atoms. The van der Waals surface area contributed by atoms with Crippen LogP contribution in [0.5, 0.6) is 0 Å². The summed E-state index contributed by atoms with van der Waals surface area (Å²) in [7, 11) is 0. The first-order valence-corrected chi connectivity index (χ1v) is 6.24. The quantitative estimate of drug-likeness (QED) is 0.682. The molecular formula is C13H24O. The number of aliphatic hydroxyl groups is 1. The maximum atomic E-state index is 10.0. The van der Waals surface area contributed by atoms with E-state index in [0.29, 0.717) is 11.3 Å². The Hall–Kier alpha value is -0.0400. The van der Waals surface area contributed by atoms with Crippen molar-refractivity contribution in [2.45, 2.75) is 59.0 Å². The monoisotopic (exact) mass is 196 g/mol. The molecule has 2 aliphatic rings. The van der Waals surface area contributed by atoms with Crippen molar-refractivity contribution in [1.82, 2.24) is 0 Å². The van der Waals surface area contributed by atoms with E-state index in [0.717, 1.165) is 18.3 Å². The third kappa shape index (κ3) is 1.41.